The Labute approximate surface area is 294 Å². The summed E-state index contributed by atoms with van der Waals surface area (Å²) in [6.45, 7) is 6.64. The summed E-state index contributed by atoms with van der Waals surface area (Å²) in [6.07, 6.45) is -2.30. The smallest absolute Gasteiger partial charge is 0.417 e. The van der Waals surface area contributed by atoms with Crippen molar-refractivity contribution in [3.8, 4) is 11.8 Å². The number of halogens is 3. The third-order valence-corrected chi connectivity index (χ3v) is 10.5. The number of imide groups is 1. The lowest BCUT2D eigenvalue weighted by Gasteiger charge is -2.36. The Morgan fingerprint density at radius 3 is 2.35 bits per heavy atom. The van der Waals surface area contributed by atoms with Crippen LogP contribution in [0.1, 0.15) is 64.2 Å². The number of ether oxygens (including phenoxy) is 1. The molecule has 4 aliphatic heterocycles. The van der Waals surface area contributed by atoms with Gasteiger partial charge in [-0.15, -0.1) is 0 Å². The zero-order chi connectivity index (χ0) is 35.7. The van der Waals surface area contributed by atoms with Crippen LogP contribution in [0.3, 0.4) is 0 Å². The molecule has 3 aromatic rings. The SMILES string of the molecule is N#Cc1ccc(N2CCC(c3ccc(OCCCN4CCN(c5ccc6c(c5)CN(C5CCC(=O)NC5=O)C6=O)CC4)cc3)C2)cc1C(F)(F)F. The lowest BCUT2D eigenvalue weighted by molar-refractivity contribution is -0.138. The highest BCUT2D eigenvalue weighted by Gasteiger charge is 2.39. The minimum absolute atomic E-state index is 0.163. The Balaban J connectivity index is 0.836. The van der Waals surface area contributed by atoms with Crippen LogP contribution in [0.25, 0.3) is 0 Å². The zero-order valence-electron chi connectivity index (χ0n) is 28.1. The number of piperidine rings is 1. The van der Waals surface area contributed by atoms with Crippen molar-refractivity contribution >= 4 is 29.1 Å². The van der Waals surface area contributed by atoms with Gasteiger partial charge in [-0.1, -0.05) is 12.1 Å². The highest BCUT2D eigenvalue weighted by Crippen LogP contribution is 2.37. The maximum Gasteiger partial charge on any atom is 0.417 e. The molecule has 1 N–H and O–H groups in total. The van der Waals surface area contributed by atoms with Gasteiger partial charge in [0.15, 0.2) is 0 Å². The van der Waals surface area contributed by atoms with Crippen LogP contribution in [0.4, 0.5) is 24.5 Å². The molecule has 0 aromatic heterocycles. The normalized spacial score (nSPS) is 21.1. The summed E-state index contributed by atoms with van der Waals surface area (Å²) in [5.74, 6) is 0.111. The highest BCUT2D eigenvalue weighted by molar-refractivity contribution is 6.05. The molecule has 3 saturated heterocycles. The number of rotatable bonds is 9. The molecule has 0 bridgehead atoms. The second kappa shape index (κ2) is 14.3. The minimum Gasteiger partial charge on any atom is -0.494 e. The number of hydrogen-bond donors (Lipinski definition) is 1. The van der Waals surface area contributed by atoms with Crippen molar-refractivity contribution in [2.75, 3.05) is 62.2 Å². The largest absolute Gasteiger partial charge is 0.494 e. The number of nitrogens with one attached hydrogen (secondary N) is 1. The maximum absolute atomic E-state index is 13.5. The van der Waals surface area contributed by atoms with Gasteiger partial charge in [0.25, 0.3) is 5.91 Å². The van der Waals surface area contributed by atoms with Gasteiger partial charge in [0.1, 0.15) is 11.8 Å². The van der Waals surface area contributed by atoms with Crippen LogP contribution in [0.2, 0.25) is 0 Å². The number of carbonyl (C=O) groups excluding carboxylic acids is 3. The third-order valence-electron chi connectivity index (χ3n) is 10.5. The number of amides is 3. The Morgan fingerprint density at radius 2 is 1.63 bits per heavy atom. The van der Waals surface area contributed by atoms with Crippen molar-refractivity contribution in [3.63, 3.8) is 0 Å². The molecule has 3 aromatic carbocycles. The van der Waals surface area contributed by atoms with Crippen LogP contribution in [-0.4, -0.2) is 86.0 Å². The van der Waals surface area contributed by atoms with Crippen LogP contribution >= 0.6 is 0 Å². The van der Waals surface area contributed by atoms with E-state index in [4.69, 9.17) is 10.00 Å². The Bertz CT molecular complexity index is 1850. The second-order valence-electron chi connectivity index (χ2n) is 13.6. The van der Waals surface area contributed by atoms with E-state index in [0.29, 0.717) is 43.9 Å². The molecule has 3 fully saturated rings. The van der Waals surface area contributed by atoms with Crippen molar-refractivity contribution in [3.05, 3.63) is 88.5 Å². The summed E-state index contributed by atoms with van der Waals surface area (Å²) < 4.78 is 46.4. The number of anilines is 2. The molecule has 51 heavy (non-hydrogen) atoms. The number of benzene rings is 3. The van der Waals surface area contributed by atoms with Gasteiger partial charge in [-0.25, -0.2) is 0 Å². The molecule has 2 atom stereocenters. The van der Waals surface area contributed by atoms with Crippen LogP contribution in [0, 0.1) is 11.3 Å². The monoisotopic (exact) mass is 700 g/mol. The van der Waals surface area contributed by atoms with E-state index in [1.165, 1.54) is 6.07 Å². The molecule has 0 aliphatic carbocycles. The first-order chi connectivity index (χ1) is 24.6. The van der Waals surface area contributed by atoms with Crippen LogP contribution < -0.4 is 19.9 Å². The van der Waals surface area contributed by atoms with Crippen molar-refractivity contribution in [2.45, 2.75) is 50.4 Å². The summed E-state index contributed by atoms with van der Waals surface area (Å²) in [5, 5.41) is 11.4. The molecule has 13 heteroatoms. The third kappa shape index (κ3) is 7.37. The van der Waals surface area contributed by atoms with Crippen molar-refractivity contribution in [2.24, 2.45) is 0 Å². The summed E-state index contributed by atoms with van der Waals surface area (Å²) in [7, 11) is 0. The van der Waals surface area contributed by atoms with E-state index in [1.54, 1.807) is 17.0 Å². The van der Waals surface area contributed by atoms with E-state index in [2.05, 4.69) is 21.2 Å². The predicted octanol–water partition coefficient (Wildman–Crippen LogP) is 4.92. The number of fused-ring (bicyclic) bond motifs is 1. The summed E-state index contributed by atoms with van der Waals surface area (Å²) >= 11 is 0. The molecule has 266 valence electrons. The number of alkyl halides is 3. The molecular weight excluding hydrogens is 661 g/mol. The lowest BCUT2D eigenvalue weighted by Crippen LogP contribution is -2.52. The predicted molar refractivity (Wildman–Crippen MR) is 183 cm³/mol. The summed E-state index contributed by atoms with van der Waals surface area (Å²) in [6, 6.07) is 18.8. The first-order valence-electron chi connectivity index (χ1n) is 17.4. The molecule has 2 unspecified atom stereocenters. The molecule has 0 saturated carbocycles. The molecule has 3 amide bonds. The topological polar surface area (TPSA) is 109 Å². The van der Waals surface area contributed by atoms with Crippen molar-refractivity contribution < 1.29 is 32.3 Å². The maximum atomic E-state index is 13.5. The Hall–Kier alpha value is -5.09. The van der Waals surface area contributed by atoms with E-state index in [0.717, 1.165) is 74.2 Å². The number of nitrogens with zero attached hydrogens (tertiary/aromatic N) is 5. The quantitative estimate of drug-likeness (QED) is 0.248. The van der Waals surface area contributed by atoms with Gasteiger partial charge in [0.2, 0.25) is 11.8 Å². The number of nitriles is 1. The average Bonchev–Trinajstić information content (AvgIpc) is 3.75. The fraction of sp³-hybridized carbons (Fsp3) is 0.421. The van der Waals surface area contributed by atoms with Crippen LogP contribution in [0.5, 0.6) is 5.75 Å². The Morgan fingerprint density at radius 1 is 0.882 bits per heavy atom. The summed E-state index contributed by atoms with van der Waals surface area (Å²) in [4.78, 5) is 45.2. The van der Waals surface area contributed by atoms with Crippen LogP contribution in [0.15, 0.2) is 60.7 Å². The standard InChI is InChI=1S/C38H39F3N6O4/c39-38(40,41)33-21-30(5-2-26(33)22-42)46-14-12-27(23-46)25-3-7-31(8-4-25)51-19-1-13-44-15-17-45(18-16-44)29-6-9-32-28(20-29)24-47(37(32)50)34-10-11-35(48)43-36(34)49/h2-9,20-21,27,34H,1,10-19,23-24H2,(H,43,48,49). The summed E-state index contributed by atoms with van der Waals surface area (Å²) in [5.41, 5.74) is 2.93. The first kappa shape index (κ1) is 34.4. The molecule has 10 nitrogen and oxygen atoms in total. The molecule has 4 heterocycles. The molecule has 7 rings (SSSR count). The van der Waals surface area contributed by atoms with Gasteiger partial charge in [-0.05, 0) is 78.9 Å². The van der Waals surface area contributed by atoms with E-state index in [-0.39, 0.29) is 29.7 Å². The van der Waals surface area contributed by atoms with E-state index in [1.807, 2.05) is 41.3 Å². The van der Waals surface area contributed by atoms with Crippen LogP contribution in [-0.2, 0) is 22.3 Å². The van der Waals surface area contributed by atoms with Gasteiger partial charge in [-0.3, -0.25) is 24.6 Å². The van der Waals surface area contributed by atoms with E-state index < -0.39 is 23.7 Å². The Kier molecular flexibility index (Phi) is 9.61. The fourth-order valence-corrected chi connectivity index (χ4v) is 7.63. The number of hydrogen-bond acceptors (Lipinski definition) is 8. The number of piperazine rings is 1. The van der Waals surface area contributed by atoms with Crippen molar-refractivity contribution in [1.29, 1.82) is 5.26 Å². The van der Waals surface area contributed by atoms with Gasteiger partial charge in [0, 0.05) is 81.6 Å². The molecule has 0 radical (unpaired) electrons. The van der Waals surface area contributed by atoms with Gasteiger partial charge >= 0.3 is 6.18 Å². The highest BCUT2D eigenvalue weighted by atomic mass is 19.4. The average molecular weight is 701 g/mol. The first-order valence-corrected chi connectivity index (χ1v) is 17.4. The fourth-order valence-electron chi connectivity index (χ4n) is 7.63. The lowest BCUT2D eigenvalue weighted by atomic mass is 9.98. The second-order valence-corrected chi connectivity index (χ2v) is 13.6. The van der Waals surface area contributed by atoms with Gasteiger partial charge < -0.3 is 19.4 Å². The van der Waals surface area contributed by atoms with Crippen molar-refractivity contribution in [1.82, 2.24) is 15.1 Å². The molecule has 0 spiro atoms. The van der Waals surface area contributed by atoms with Gasteiger partial charge in [-0.2, -0.15) is 18.4 Å². The van der Waals surface area contributed by atoms with Gasteiger partial charge in [0.05, 0.1) is 23.8 Å². The van der Waals surface area contributed by atoms with E-state index >= 15 is 0 Å². The zero-order valence-corrected chi connectivity index (χ0v) is 28.1. The molecule has 4 aliphatic rings. The molecular formula is C38H39F3N6O4. The number of carbonyl (C=O) groups is 3. The minimum atomic E-state index is -4.58. The van der Waals surface area contributed by atoms with E-state index in [9.17, 15) is 27.6 Å².